The van der Waals surface area contributed by atoms with Gasteiger partial charge in [0.1, 0.15) is 13.5 Å². The number of nitrogens with zero attached hydrogens (tertiary/aromatic N) is 1. The Hall–Kier alpha value is -0.810. The second-order valence-electron chi connectivity index (χ2n) is 1.48. The molecule has 3 N–H and O–H groups in total. The highest BCUT2D eigenvalue weighted by Crippen LogP contribution is 1.77. The first-order valence-corrected chi connectivity index (χ1v) is 2.43. The molecule has 54 valence electrons. The lowest BCUT2D eigenvalue weighted by molar-refractivity contribution is 0.133. The van der Waals surface area contributed by atoms with Gasteiger partial charge in [0.15, 0.2) is 0 Å². The molecule has 0 atom stereocenters. The first kappa shape index (κ1) is 8.19. The van der Waals surface area contributed by atoms with Crippen molar-refractivity contribution in [2.24, 2.45) is 0 Å². The van der Waals surface area contributed by atoms with E-state index in [1.165, 1.54) is 7.05 Å². The van der Waals surface area contributed by atoms with Crippen LogP contribution in [0.3, 0.4) is 0 Å². The molecule has 0 saturated carbocycles. The maximum Gasteiger partial charge on any atom is 0.320 e. The summed E-state index contributed by atoms with van der Waals surface area (Å²) in [5.74, 6) is 0. The number of amides is 2. The molecule has 0 fully saturated rings. The normalized spacial score (nSPS) is 8.78. The van der Waals surface area contributed by atoms with E-state index in [-0.39, 0.29) is 6.73 Å². The van der Waals surface area contributed by atoms with Crippen molar-refractivity contribution in [3.05, 3.63) is 0 Å². The Morgan fingerprint density at radius 3 is 2.56 bits per heavy atom. The lowest BCUT2D eigenvalue weighted by atomic mass is 10.8. The van der Waals surface area contributed by atoms with Gasteiger partial charge in [0.05, 0.1) is 0 Å². The van der Waals surface area contributed by atoms with Crippen LogP contribution in [0.1, 0.15) is 0 Å². The average Bonchev–Trinajstić information content (AvgIpc) is 1.87. The first-order valence-electron chi connectivity index (χ1n) is 2.43. The monoisotopic (exact) mass is 134 g/mol. The molecule has 0 aliphatic rings. The van der Waals surface area contributed by atoms with E-state index in [0.717, 1.165) is 4.90 Å². The quantitative estimate of drug-likeness (QED) is 0.403. The molecule has 0 aromatic rings. The van der Waals surface area contributed by atoms with Gasteiger partial charge in [0, 0.05) is 7.05 Å². The van der Waals surface area contributed by atoms with Crippen molar-refractivity contribution in [1.29, 1.82) is 0 Å². The number of hydrogen-bond acceptors (Lipinski definition) is 3. The van der Waals surface area contributed by atoms with Gasteiger partial charge >= 0.3 is 6.03 Å². The van der Waals surface area contributed by atoms with Crippen molar-refractivity contribution in [2.75, 3.05) is 20.5 Å². The van der Waals surface area contributed by atoms with Crippen molar-refractivity contribution >= 4 is 6.03 Å². The van der Waals surface area contributed by atoms with Gasteiger partial charge < -0.3 is 20.4 Å². The van der Waals surface area contributed by atoms with Crippen molar-refractivity contribution in [3.8, 4) is 0 Å². The maximum atomic E-state index is 10.5. The minimum Gasteiger partial charge on any atom is -0.376 e. The predicted molar refractivity (Wildman–Crippen MR) is 30.5 cm³/mol. The van der Waals surface area contributed by atoms with Gasteiger partial charge in [-0.3, -0.25) is 0 Å². The Balaban J connectivity index is 3.46. The second kappa shape index (κ2) is 4.11. The van der Waals surface area contributed by atoms with Gasteiger partial charge in [0.25, 0.3) is 0 Å². The van der Waals surface area contributed by atoms with Gasteiger partial charge in [-0.15, -0.1) is 0 Å². The number of carbonyl (C=O) groups is 1. The Morgan fingerprint density at radius 2 is 2.22 bits per heavy atom. The number of rotatable bonds is 2. The number of urea groups is 1. The van der Waals surface area contributed by atoms with Gasteiger partial charge in [-0.25, -0.2) is 4.79 Å². The minimum atomic E-state index is -0.500. The molecular weight excluding hydrogens is 124 g/mol. The van der Waals surface area contributed by atoms with Crippen LogP contribution in [0.4, 0.5) is 4.79 Å². The Morgan fingerprint density at radius 1 is 1.67 bits per heavy atom. The average molecular weight is 134 g/mol. The number of aliphatic hydroxyl groups is 2. The molecular formula is C4H10N2O3. The van der Waals surface area contributed by atoms with E-state index in [0.29, 0.717) is 0 Å². The third-order valence-corrected chi connectivity index (χ3v) is 0.789. The van der Waals surface area contributed by atoms with Crippen LogP contribution in [0.2, 0.25) is 0 Å². The van der Waals surface area contributed by atoms with Crippen LogP contribution in [0.25, 0.3) is 0 Å². The van der Waals surface area contributed by atoms with Gasteiger partial charge in [-0.05, 0) is 0 Å². The lowest BCUT2D eigenvalue weighted by Gasteiger charge is -2.12. The molecule has 0 aliphatic heterocycles. The summed E-state index contributed by atoms with van der Waals surface area (Å²) < 4.78 is 0. The van der Waals surface area contributed by atoms with Crippen LogP contribution in [0.5, 0.6) is 0 Å². The molecule has 5 heteroatoms. The van der Waals surface area contributed by atoms with Gasteiger partial charge in [-0.2, -0.15) is 0 Å². The zero-order valence-corrected chi connectivity index (χ0v) is 5.16. The SMILES string of the molecule is CN(CO)C(=O)NCO. The molecule has 0 unspecified atom stereocenters. The summed E-state index contributed by atoms with van der Waals surface area (Å²) in [6.07, 6.45) is 0. The number of aliphatic hydroxyl groups excluding tert-OH is 2. The molecule has 9 heavy (non-hydrogen) atoms. The molecule has 0 radical (unpaired) electrons. The van der Waals surface area contributed by atoms with E-state index < -0.39 is 12.8 Å². The second-order valence-corrected chi connectivity index (χ2v) is 1.48. The molecule has 0 saturated heterocycles. The Kier molecular flexibility index (Phi) is 3.74. The van der Waals surface area contributed by atoms with Gasteiger partial charge in [-0.1, -0.05) is 0 Å². The Labute approximate surface area is 52.9 Å². The zero-order valence-electron chi connectivity index (χ0n) is 5.16. The summed E-state index contributed by atoms with van der Waals surface area (Å²) in [6, 6.07) is -0.500. The number of hydrogen-bond donors (Lipinski definition) is 3. The molecule has 5 nitrogen and oxygen atoms in total. The molecule has 0 aromatic heterocycles. The summed E-state index contributed by atoms with van der Waals surface area (Å²) >= 11 is 0. The van der Waals surface area contributed by atoms with Crippen LogP contribution < -0.4 is 5.32 Å². The van der Waals surface area contributed by atoms with Crippen molar-refractivity contribution in [3.63, 3.8) is 0 Å². The molecule has 0 heterocycles. The fourth-order valence-electron chi connectivity index (χ4n) is 0.267. The van der Waals surface area contributed by atoms with E-state index in [9.17, 15) is 4.79 Å². The summed E-state index contributed by atoms with van der Waals surface area (Å²) in [7, 11) is 1.41. The first-order chi connectivity index (χ1) is 4.22. The van der Waals surface area contributed by atoms with Crippen molar-refractivity contribution in [2.45, 2.75) is 0 Å². The predicted octanol–water partition coefficient (Wildman–Crippen LogP) is -1.47. The van der Waals surface area contributed by atoms with E-state index in [1.54, 1.807) is 0 Å². The van der Waals surface area contributed by atoms with Crippen LogP contribution >= 0.6 is 0 Å². The summed E-state index contributed by atoms with van der Waals surface area (Å²) in [5.41, 5.74) is 0. The maximum absolute atomic E-state index is 10.5. The molecule has 0 aliphatic carbocycles. The standard InChI is InChI=1S/C4H10N2O3/c1-6(3-8)4(9)5-2-7/h7-8H,2-3H2,1H3,(H,5,9). The number of nitrogens with one attached hydrogen (secondary N) is 1. The molecule has 0 spiro atoms. The lowest BCUT2D eigenvalue weighted by Crippen LogP contribution is -2.38. The smallest absolute Gasteiger partial charge is 0.320 e. The third-order valence-electron chi connectivity index (χ3n) is 0.789. The van der Waals surface area contributed by atoms with E-state index >= 15 is 0 Å². The van der Waals surface area contributed by atoms with Crippen molar-refractivity contribution < 1.29 is 15.0 Å². The summed E-state index contributed by atoms with van der Waals surface area (Å²) in [4.78, 5) is 11.5. The fourth-order valence-corrected chi connectivity index (χ4v) is 0.267. The topological polar surface area (TPSA) is 72.8 Å². The molecule has 0 bridgehead atoms. The van der Waals surface area contributed by atoms with Crippen LogP contribution in [0, 0.1) is 0 Å². The zero-order chi connectivity index (χ0) is 7.28. The molecule has 2 amide bonds. The highest BCUT2D eigenvalue weighted by molar-refractivity contribution is 5.73. The fraction of sp³-hybridized carbons (Fsp3) is 0.750. The van der Waals surface area contributed by atoms with Crippen molar-refractivity contribution in [1.82, 2.24) is 10.2 Å². The highest BCUT2D eigenvalue weighted by atomic mass is 16.3. The molecule has 0 rings (SSSR count). The van der Waals surface area contributed by atoms with E-state index in [2.05, 4.69) is 5.32 Å². The summed E-state index contributed by atoms with van der Waals surface area (Å²) in [6.45, 7) is -0.769. The minimum absolute atomic E-state index is 0.355. The largest absolute Gasteiger partial charge is 0.376 e. The van der Waals surface area contributed by atoms with E-state index in [4.69, 9.17) is 10.2 Å². The summed E-state index contributed by atoms with van der Waals surface area (Å²) in [5, 5.41) is 18.5. The highest BCUT2D eigenvalue weighted by Gasteiger charge is 2.02. The van der Waals surface area contributed by atoms with Gasteiger partial charge in [0.2, 0.25) is 0 Å². The Bertz CT molecular complexity index is 95.8. The number of carbonyl (C=O) groups excluding carboxylic acids is 1. The molecule has 0 aromatic carbocycles. The third kappa shape index (κ3) is 2.89. The van der Waals surface area contributed by atoms with E-state index in [1.807, 2.05) is 0 Å². The van der Waals surface area contributed by atoms with Crippen LogP contribution in [-0.4, -0.2) is 41.7 Å². The van der Waals surface area contributed by atoms with Crippen LogP contribution in [0.15, 0.2) is 0 Å². The van der Waals surface area contributed by atoms with Crippen LogP contribution in [-0.2, 0) is 0 Å².